The van der Waals surface area contributed by atoms with Gasteiger partial charge in [0.05, 0.1) is 44.2 Å². The van der Waals surface area contributed by atoms with Gasteiger partial charge < -0.3 is 9.13 Å². The van der Waals surface area contributed by atoms with Crippen LogP contribution in [-0.4, -0.2) is 9.13 Å². The molecule has 0 N–H and O–H groups in total. The van der Waals surface area contributed by atoms with Gasteiger partial charge in [-0.05, 0) is 47.5 Å². The maximum Gasteiger partial charge on any atom is 0.0782 e. The topological polar surface area (TPSA) is 9.86 Å². The fourth-order valence-electron chi connectivity index (χ4n) is 5.31. The maximum atomic E-state index is 9.32. The van der Waals surface area contributed by atoms with E-state index in [1.807, 2.05) is 53.1 Å². The van der Waals surface area contributed by atoms with Crippen molar-refractivity contribution in [2.75, 3.05) is 0 Å². The van der Waals surface area contributed by atoms with Gasteiger partial charge in [0, 0.05) is 27.2 Å². The van der Waals surface area contributed by atoms with E-state index in [-0.39, 0.29) is 69.3 Å². The summed E-state index contributed by atoms with van der Waals surface area (Å²) in [6, 6.07) is 16.5. The second kappa shape index (κ2) is 8.22. The molecule has 2 heterocycles. The Morgan fingerprint density at radius 3 is 1.79 bits per heavy atom. The van der Waals surface area contributed by atoms with Crippen molar-refractivity contribution in [2.45, 2.75) is 0 Å². The molecule has 0 saturated carbocycles. The zero-order valence-corrected chi connectivity index (χ0v) is 19.8. The molecule has 0 aliphatic heterocycles. The molecule has 178 valence electrons. The molecule has 0 unspecified atom stereocenters. The summed E-state index contributed by atoms with van der Waals surface area (Å²) in [4.78, 5) is 0. The van der Waals surface area contributed by atoms with E-state index in [1.165, 1.54) is 0 Å². The van der Waals surface area contributed by atoms with Gasteiger partial charge in [0.1, 0.15) is 0 Å². The molecule has 0 spiro atoms. The number of aromatic nitrogens is 2. The molecule has 0 bridgehead atoms. The molecule has 0 atom stereocenters. The standard InChI is InChI=1S/C36H24N2/c1-2-11-25(12-3-1)26-21-23-27(24-22-26)37-32-17-7-6-15-30(32)31-16-10-20-35(36(31)37)38-33-18-8-4-13-28(33)29-14-5-9-19-34(29)38/h1-24H/i1D,2D,3D,6D,7D,10D,11D,12D,15D,16D,17D,20D. The van der Waals surface area contributed by atoms with Crippen LogP contribution in [0.3, 0.4) is 0 Å². The smallest absolute Gasteiger partial charge is 0.0782 e. The van der Waals surface area contributed by atoms with Gasteiger partial charge in [-0.15, -0.1) is 0 Å². The van der Waals surface area contributed by atoms with Crippen LogP contribution in [0.2, 0.25) is 0 Å². The third-order valence-corrected chi connectivity index (χ3v) is 6.91. The highest BCUT2D eigenvalue weighted by atomic mass is 15.1. The first-order chi connectivity index (χ1) is 23.9. The molecule has 0 radical (unpaired) electrons. The first-order valence-corrected chi connectivity index (χ1v) is 12.1. The molecule has 8 rings (SSSR count). The Hall–Kier alpha value is -5.08. The van der Waals surface area contributed by atoms with E-state index in [1.54, 1.807) is 28.8 Å². The number of hydrogen-bond donors (Lipinski definition) is 0. The van der Waals surface area contributed by atoms with Crippen LogP contribution in [0.1, 0.15) is 16.4 Å². The minimum Gasteiger partial charge on any atom is -0.307 e. The highest BCUT2D eigenvalue weighted by molar-refractivity contribution is 6.15. The van der Waals surface area contributed by atoms with Crippen LogP contribution in [0.15, 0.2) is 145 Å². The van der Waals surface area contributed by atoms with Gasteiger partial charge in [-0.1, -0.05) is 109 Å². The Morgan fingerprint density at radius 2 is 1.05 bits per heavy atom. The first-order valence-electron chi connectivity index (χ1n) is 18.1. The van der Waals surface area contributed by atoms with Crippen LogP contribution in [0, 0.1) is 0 Å². The Kier molecular flexibility index (Phi) is 2.69. The molecule has 0 amide bonds. The summed E-state index contributed by atoms with van der Waals surface area (Å²) in [5.74, 6) is 0. The highest BCUT2D eigenvalue weighted by Gasteiger charge is 2.19. The Labute approximate surface area is 237 Å². The molecular weight excluding hydrogens is 460 g/mol. The molecular formula is C36H24N2. The van der Waals surface area contributed by atoms with E-state index < -0.39 is 36.3 Å². The summed E-state index contributed by atoms with van der Waals surface area (Å²) in [5.41, 5.74) is 2.60. The van der Waals surface area contributed by atoms with E-state index in [2.05, 4.69) is 0 Å². The summed E-state index contributed by atoms with van der Waals surface area (Å²) in [6.45, 7) is 0. The summed E-state index contributed by atoms with van der Waals surface area (Å²) >= 11 is 0. The lowest BCUT2D eigenvalue weighted by Crippen LogP contribution is -2.00. The predicted molar refractivity (Wildman–Crippen MR) is 161 cm³/mol. The second-order valence-electron chi connectivity index (χ2n) is 8.92. The van der Waals surface area contributed by atoms with Gasteiger partial charge >= 0.3 is 0 Å². The zero-order valence-electron chi connectivity index (χ0n) is 31.8. The van der Waals surface area contributed by atoms with Crippen molar-refractivity contribution in [3.63, 3.8) is 0 Å². The van der Waals surface area contributed by atoms with Crippen LogP contribution in [-0.2, 0) is 0 Å². The van der Waals surface area contributed by atoms with E-state index in [4.69, 9.17) is 15.1 Å². The van der Waals surface area contributed by atoms with Gasteiger partial charge in [-0.2, -0.15) is 0 Å². The van der Waals surface area contributed by atoms with Crippen molar-refractivity contribution in [3.8, 4) is 22.5 Å². The fourth-order valence-corrected chi connectivity index (χ4v) is 5.31. The molecule has 0 fully saturated rings. The number of rotatable bonds is 3. The van der Waals surface area contributed by atoms with E-state index in [0.29, 0.717) is 22.3 Å². The van der Waals surface area contributed by atoms with E-state index >= 15 is 0 Å². The fraction of sp³-hybridized carbons (Fsp3) is 0. The van der Waals surface area contributed by atoms with Crippen LogP contribution >= 0.6 is 0 Å². The number of para-hydroxylation sites is 4. The monoisotopic (exact) mass is 496 g/mol. The Bertz CT molecular complexity index is 2700. The third-order valence-electron chi connectivity index (χ3n) is 6.91. The lowest BCUT2D eigenvalue weighted by Gasteiger charge is -2.14. The van der Waals surface area contributed by atoms with Crippen molar-refractivity contribution < 1.29 is 16.4 Å². The first kappa shape index (κ1) is 12.4. The quantitative estimate of drug-likeness (QED) is 0.230. The lowest BCUT2D eigenvalue weighted by atomic mass is 10.1. The van der Waals surface area contributed by atoms with Crippen LogP contribution < -0.4 is 0 Å². The van der Waals surface area contributed by atoms with Crippen molar-refractivity contribution >= 4 is 43.6 Å². The summed E-state index contributed by atoms with van der Waals surface area (Å²) in [5, 5.41) is 1.87. The van der Waals surface area contributed by atoms with Crippen molar-refractivity contribution in [1.82, 2.24) is 9.13 Å². The van der Waals surface area contributed by atoms with Gasteiger partial charge in [0.2, 0.25) is 0 Å². The second-order valence-corrected chi connectivity index (χ2v) is 8.92. The largest absolute Gasteiger partial charge is 0.307 e. The summed E-state index contributed by atoms with van der Waals surface area (Å²) in [7, 11) is 0. The summed E-state index contributed by atoms with van der Waals surface area (Å²) in [6.07, 6.45) is 0. The number of nitrogens with zero attached hydrogens (tertiary/aromatic N) is 2. The molecule has 38 heavy (non-hydrogen) atoms. The molecule has 2 nitrogen and oxygen atoms in total. The van der Waals surface area contributed by atoms with Crippen LogP contribution in [0.25, 0.3) is 66.1 Å². The number of fused-ring (bicyclic) bond motifs is 6. The molecule has 8 aromatic rings. The average molecular weight is 497 g/mol. The number of benzene rings is 6. The average Bonchev–Trinajstić information content (AvgIpc) is 3.65. The predicted octanol–water partition coefficient (Wildman–Crippen LogP) is 9.55. The summed E-state index contributed by atoms with van der Waals surface area (Å²) < 4.78 is 107. The van der Waals surface area contributed by atoms with Crippen molar-refractivity contribution in [1.29, 1.82) is 0 Å². The van der Waals surface area contributed by atoms with Crippen molar-refractivity contribution in [3.05, 3.63) is 145 Å². The Morgan fingerprint density at radius 1 is 0.421 bits per heavy atom. The van der Waals surface area contributed by atoms with Crippen LogP contribution in [0.5, 0.6) is 0 Å². The van der Waals surface area contributed by atoms with Crippen molar-refractivity contribution in [2.24, 2.45) is 0 Å². The molecule has 2 heteroatoms. The van der Waals surface area contributed by atoms with Gasteiger partial charge in [-0.25, -0.2) is 0 Å². The molecule has 0 aliphatic rings. The van der Waals surface area contributed by atoms with Gasteiger partial charge in [0.15, 0.2) is 0 Å². The molecule has 0 aliphatic carbocycles. The molecule has 0 saturated heterocycles. The lowest BCUT2D eigenvalue weighted by molar-refractivity contribution is 1.13. The molecule has 2 aromatic heterocycles. The highest BCUT2D eigenvalue weighted by Crippen LogP contribution is 2.39. The van der Waals surface area contributed by atoms with Gasteiger partial charge in [-0.3, -0.25) is 0 Å². The zero-order chi connectivity index (χ0) is 35.5. The normalized spacial score (nSPS) is 16.1. The number of hydrogen-bond acceptors (Lipinski definition) is 0. The SMILES string of the molecule is [2H]c1c([2H])c([2H])c(-c2ccc(-n3c4c([2H])c([2H])c([2H])c([2H])c4c4c([2H])c([2H])c([2H])c(-n5c6ccccc6c6ccccc65)c43)cc2)c([2H])c1[2H]. The van der Waals surface area contributed by atoms with E-state index in [0.717, 1.165) is 10.8 Å². The third kappa shape index (κ3) is 3.01. The van der Waals surface area contributed by atoms with E-state index in [9.17, 15) is 1.37 Å². The maximum absolute atomic E-state index is 9.32. The Balaban J connectivity index is 1.57. The van der Waals surface area contributed by atoms with Crippen LogP contribution in [0.4, 0.5) is 0 Å². The van der Waals surface area contributed by atoms with Gasteiger partial charge in [0.25, 0.3) is 0 Å². The minimum absolute atomic E-state index is 0.00148. The minimum atomic E-state index is -0.511. The molecule has 6 aromatic carbocycles.